The van der Waals surface area contributed by atoms with Crippen LogP contribution >= 0.6 is 11.3 Å². The summed E-state index contributed by atoms with van der Waals surface area (Å²) in [7, 11) is 4.23. The molecule has 0 radical (unpaired) electrons. The van der Waals surface area contributed by atoms with Crippen molar-refractivity contribution >= 4 is 17.2 Å². The topological polar surface area (TPSA) is 23.6 Å². The van der Waals surface area contributed by atoms with Gasteiger partial charge >= 0.3 is 0 Å². The van der Waals surface area contributed by atoms with Gasteiger partial charge in [0.15, 0.2) is 0 Å². The lowest BCUT2D eigenvalue weighted by Gasteiger charge is -2.27. The second kappa shape index (κ2) is 5.63. The van der Waals surface area contributed by atoms with Crippen molar-refractivity contribution in [3.63, 3.8) is 0 Å². The molecule has 1 saturated heterocycles. The summed E-state index contributed by atoms with van der Waals surface area (Å²) in [5.41, 5.74) is 0.851. The number of carbonyl (C=O) groups is 1. The Hall–Kier alpha value is -0.870. The Morgan fingerprint density at radius 3 is 2.53 bits per heavy atom. The SMILES string of the molecule is Cc1cc(C(=O)N2C[C@H](C(C)C)[C@@H](N(C)C)C2)cs1. The molecule has 1 amide bonds. The fourth-order valence-corrected chi connectivity index (χ4v) is 3.59. The Morgan fingerprint density at radius 1 is 1.42 bits per heavy atom. The van der Waals surface area contributed by atoms with Gasteiger partial charge in [0.1, 0.15) is 0 Å². The molecule has 0 aliphatic carbocycles. The normalized spacial score (nSPS) is 23.6. The zero-order valence-electron chi connectivity index (χ0n) is 12.5. The van der Waals surface area contributed by atoms with Crippen LogP contribution in [0.4, 0.5) is 0 Å². The summed E-state index contributed by atoms with van der Waals surface area (Å²) < 4.78 is 0. The van der Waals surface area contributed by atoms with Crippen LogP contribution in [0.25, 0.3) is 0 Å². The number of rotatable bonds is 3. The monoisotopic (exact) mass is 280 g/mol. The first-order valence-corrected chi connectivity index (χ1v) is 7.79. The minimum absolute atomic E-state index is 0.194. The number of hydrogen-bond acceptors (Lipinski definition) is 3. The van der Waals surface area contributed by atoms with Gasteiger partial charge in [0.25, 0.3) is 5.91 Å². The molecule has 2 heterocycles. The number of likely N-dealkylation sites (tertiary alicyclic amines) is 1. The molecule has 106 valence electrons. The molecule has 0 aromatic carbocycles. The van der Waals surface area contributed by atoms with E-state index in [9.17, 15) is 4.79 Å². The summed E-state index contributed by atoms with van der Waals surface area (Å²) >= 11 is 1.65. The maximum absolute atomic E-state index is 12.5. The van der Waals surface area contributed by atoms with Crippen LogP contribution in [-0.4, -0.2) is 48.9 Å². The fraction of sp³-hybridized carbons (Fsp3) is 0.667. The predicted molar refractivity (Wildman–Crippen MR) is 80.8 cm³/mol. The van der Waals surface area contributed by atoms with Crippen LogP contribution in [0, 0.1) is 18.8 Å². The number of hydrogen-bond donors (Lipinski definition) is 0. The van der Waals surface area contributed by atoms with Gasteiger partial charge in [-0.05, 0) is 38.9 Å². The van der Waals surface area contributed by atoms with Crippen LogP contribution in [0.2, 0.25) is 0 Å². The highest BCUT2D eigenvalue weighted by Gasteiger charge is 2.38. The summed E-state index contributed by atoms with van der Waals surface area (Å²) in [6.07, 6.45) is 0. The molecule has 1 aromatic rings. The van der Waals surface area contributed by atoms with Crippen LogP contribution in [0.15, 0.2) is 11.4 Å². The number of carbonyl (C=O) groups excluding carboxylic acids is 1. The third-order valence-electron chi connectivity index (χ3n) is 4.12. The van der Waals surface area contributed by atoms with Crippen molar-refractivity contribution in [3.05, 3.63) is 21.9 Å². The molecule has 3 nitrogen and oxygen atoms in total. The van der Waals surface area contributed by atoms with E-state index in [4.69, 9.17) is 0 Å². The number of likely N-dealkylation sites (N-methyl/N-ethyl adjacent to an activating group) is 1. The van der Waals surface area contributed by atoms with E-state index in [0.29, 0.717) is 17.9 Å². The molecule has 1 aliphatic rings. The smallest absolute Gasteiger partial charge is 0.254 e. The van der Waals surface area contributed by atoms with Crippen molar-refractivity contribution < 1.29 is 4.79 Å². The summed E-state index contributed by atoms with van der Waals surface area (Å²) in [5.74, 6) is 1.37. The van der Waals surface area contributed by atoms with Crippen molar-refractivity contribution in [2.45, 2.75) is 26.8 Å². The van der Waals surface area contributed by atoms with Crippen LogP contribution in [0.3, 0.4) is 0 Å². The average molecular weight is 280 g/mol. The average Bonchev–Trinajstić information content (AvgIpc) is 2.93. The van der Waals surface area contributed by atoms with Gasteiger partial charge in [0, 0.05) is 29.4 Å². The molecule has 0 bridgehead atoms. The standard InChI is InChI=1S/C15H24N2OS/c1-10(2)13-7-17(8-14(13)16(4)5)15(18)12-6-11(3)19-9-12/h6,9-10,13-14H,7-8H2,1-5H3/t13-,14+/m1/s1. The van der Waals surface area contributed by atoms with E-state index in [0.717, 1.165) is 18.7 Å². The molecular formula is C15H24N2OS. The molecule has 0 N–H and O–H groups in total. The van der Waals surface area contributed by atoms with E-state index < -0.39 is 0 Å². The molecule has 4 heteroatoms. The zero-order chi connectivity index (χ0) is 14.2. The largest absolute Gasteiger partial charge is 0.337 e. The van der Waals surface area contributed by atoms with Crippen molar-refractivity contribution in [2.75, 3.05) is 27.2 Å². The maximum Gasteiger partial charge on any atom is 0.254 e. The van der Waals surface area contributed by atoms with Gasteiger partial charge in [-0.2, -0.15) is 0 Å². The summed E-state index contributed by atoms with van der Waals surface area (Å²) in [6.45, 7) is 8.29. The Bertz CT molecular complexity index is 437. The lowest BCUT2D eigenvalue weighted by molar-refractivity contribution is 0.0780. The Kier molecular flexibility index (Phi) is 4.31. The molecule has 0 saturated carbocycles. The first-order valence-electron chi connectivity index (χ1n) is 6.91. The summed E-state index contributed by atoms with van der Waals surface area (Å²) in [5, 5.41) is 1.98. The lowest BCUT2D eigenvalue weighted by Crippen LogP contribution is -2.37. The van der Waals surface area contributed by atoms with Crippen LogP contribution < -0.4 is 0 Å². The van der Waals surface area contributed by atoms with Crippen LogP contribution in [0.5, 0.6) is 0 Å². The van der Waals surface area contributed by atoms with Gasteiger partial charge in [0.05, 0.1) is 5.56 Å². The number of aryl methyl sites for hydroxylation is 1. The van der Waals surface area contributed by atoms with E-state index >= 15 is 0 Å². The van der Waals surface area contributed by atoms with Gasteiger partial charge < -0.3 is 9.80 Å². The van der Waals surface area contributed by atoms with Crippen molar-refractivity contribution in [3.8, 4) is 0 Å². The van der Waals surface area contributed by atoms with E-state index in [2.05, 4.69) is 32.8 Å². The summed E-state index contributed by atoms with van der Waals surface area (Å²) in [4.78, 5) is 18.0. The van der Waals surface area contributed by atoms with Gasteiger partial charge in [-0.1, -0.05) is 13.8 Å². The van der Waals surface area contributed by atoms with Gasteiger partial charge in [-0.25, -0.2) is 0 Å². The highest BCUT2D eigenvalue weighted by atomic mass is 32.1. The van der Waals surface area contributed by atoms with Crippen molar-refractivity contribution in [1.82, 2.24) is 9.80 Å². The van der Waals surface area contributed by atoms with E-state index in [1.54, 1.807) is 11.3 Å². The van der Waals surface area contributed by atoms with E-state index in [1.165, 1.54) is 4.88 Å². The molecule has 2 atom stereocenters. The van der Waals surface area contributed by atoms with Gasteiger partial charge in [0.2, 0.25) is 0 Å². The molecule has 1 fully saturated rings. The van der Waals surface area contributed by atoms with E-state index in [1.807, 2.05) is 23.3 Å². The quantitative estimate of drug-likeness (QED) is 0.850. The number of thiophene rings is 1. The predicted octanol–water partition coefficient (Wildman–Crippen LogP) is 2.71. The van der Waals surface area contributed by atoms with Crippen LogP contribution in [-0.2, 0) is 0 Å². The molecule has 1 aliphatic heterocycles. The fourth-order valence-electron chi connectivity index (χ4n) is 2.92. The summed E-state index contributed by atoms with van der Waals surface area (Å²) in [6, 6.07) is 2.48. The Balaban J connectivity index is 2.13. The highest BCUT2D eigenvalue weighted by Crippen LogP contribution is 2.28. The third kappa shape index (κ3) is 3.00. The lowest BCUT2D eigenvalue weighted by atomic mass is 9.91. The first kappa shape index (κ1) is 14.5. The molecule has 1 aromatic heterocycles. The molecule has 19 heavy (non-hydrogen) atoms. The zero-order valence-corrected chi connectivity index (χ0v) is 13.3. The number of nitrogens with zero attached hydrogens (tertiary/aromatic N) is 2. The first-order chi connectivity index (χ1) is 8.90. The molecular weight excluding hydrogens is 256 g/mol. The Labute approximate surface area is 120 Å². The maximum atomic E-state index is 12.5. The second-order valence-electron chi connectivity index (χ2n) is 6.09. The van der Waals surface area contributed by atoms with Gasteiger partial charge in [-0.15, -0.1) is 11.3 Å². The molecule has 2 rings (SSSR count). The van der Waals surface area contributed by atoms with Crippen molar-refractivity contribution in [2.24, 2.45) is 11.8 Å². The van der Waals surface area contributed by atoms with E-state index in [-0.39, 0.29) is 5.91 Å². The highest BCUT2D eigenvalue weighted by molar-refractivity contribution is 7.10. The van der Waals surface area contributed by atoms with Crippen molar-refractivity contribution in [1.29, 1.82) is 0 Å². The molecule has 0 unspecified atom stereocenters. The molecule has 0 spiro atoms. The Morgan fingerprint density at radius 2 is 2.11 bits per heavy atom. The third-order valence-corrected chi connectivity index (χ3v) is 4.98. The number of amides is 1. The second-order valence-corrected chi connectivity index (χ2v) is 7.21. The minimum Gasteiger partial charge on any atom is -0.337 e. The van der Waals surface area contributed by atoms with Crippen LogP contribution in [0.1, 0.15) is 29.1 Å². The van der Waals surface area contributed by atoms with Gasteiger partial charge in [-0.3, -0.25) is 4.79 Å². The minimum atomic E-state index is 0.194.